The SMILES string of the molecule is Cc1ccc(S(=O)(=O)Nc2c(C)nn(COc3ccc(F)cc3F)c2C)cc1. The fourth-order valence-corrected chi connectivity index (χ4v) is 3.78. The van der Waals surface area contributed by atoms with Gasteiger partial charge in [0.1, 0.15) is 5.82 Å². The molecule has 0 bridgehead atoms. The third-order valence-corrected chi connectivity index (χ3v) is 5.55. The molecule has 3 rings (SSSR count). The maximum absolute atomic E-state index is 13.7. The molecule has 0 unspecified atom stereocenters. The van der Waals surface area contributed by atoms with E-state index in [0.717, 1.165) is 17.7 Å². The molecule has 1 N–H and O–H groups in total. The summed E-state index contributed by atoms with van der Waals surface area (Å²) >= 11 is 0. The van der Waals surface area contributed by atoms with E-state index in [2.05, 4.69) is 9.82 Å². The van der Waals surface area contributed by atoms with Gasteiger partial charge in [0.15, 0.2) is 18.3 Å². The molecular formula is C19H19F2N3O3S. The topological polar surface area (TPSA) is 73.2 Å². The van der Waals surface area contributed by atoms with Crippen LogP contribution in [0.1, 0.15) is 17.0 Å². The Morgan fingerprint density at radius 2 is 1.75 bits per heavy atom. The second-order valence-electron chi connectivity index (χ2n) is 6.31. The van der Waals surface area contributed by atoms with E-state index in [9.17, 15) is 17.2 Å². The highest BCUT2D eigenvalue weighted by Crippen LogP contribution is 2.24. The number of rotatable bonds is 6. The summed E-state index contributed by atoms with van der Waals surface area (Å²) in [5, 5.41) is 4.23. The van der Waals surface area contributed by atoms with Crippen LogP contribution in [0.2, 0.25) is 0 Å². The lowest BCUT2D eigenvalue weighted by molar-refractivity contribution is 0.208. The lowest BCUT2D eigenvalue weighted by atomic mass is 10.2. The number of hydrogen-bond acceptors (Lipinski definition) is 4. The number of halogens is 2. The van der Waals surface area contributed by atoms with Crippen molar-refractivity contribution in [3.05, 3.63) is 71.1 Å². The summed E-state index contributed by atoms with van der Waals surface area (Å²) < 4.78 is 61.2. The summed E-state index contributed by atoms with van der Waals surface area (Å²) in [6.07, 6.45) is 0. The molecule has 3 aromatic rings. The van der Waals surface area contributed by atoms with E-state index in [0.29, 0.717) is 17.1 Å². The van der Waals surface area contributed by atoms with Crippen molar-refractivity contribution in [1.82, 2.24) is 9.78 Å². The predicted molar refractivity (Wildman–Crippen MR) is 101 cm³/mol. The second kappa shape index (κ2) is 7.59. The maximum Gasteiger partial charge on any atom is 0.262 e. The van der Waals surface area contributed by atoms with Crippen molar-refractivity contribution in [1.29, 1.82) is 0 Å². The molecule has 148 valence electrons. The van der Waals surface area contributed by atoms with E-state index in [1.165, 1.54) is 22.9 Å². The Bertz CT molecular complexity index is 1110. The van der Waals surface area contributed by atoms with Crippen molar-refractivity contribution in [3.8, 4) is 5.75 Å². The van der Waals surface area contributed by atoms with Gasteiger partial charge in [-0.05, 0) is 45.0 Å². The van der Waals surface area contributed by atoms with E-state index in [-0.39, 0.29) is 17.4 Å². The Morgan fingerprint density at radius 1 is 1.07 bits per heavy atom. The van der Waals surface area contributed by atoms with Crippen molar-refractivity contribution in [2.24, 2.45) is 0 Å². The predicted octanol–water partition coefficient (Wildman–Crippen LogP) is 3.92. The summed E-state index contributed by atoms with van der Waals surface area (Å²) in [6.45, 7) is 5.01. The first-order valence-electron chi connectivity index (χ1n) is 8.39. The summed E-state index contributed by atoms with van der Waals surface area (Å²) in [7, 11) is -3.79. The Hall–Kier alpha value is -2.94. The minimum atomic E-state index is -3.79. The molecule has 28 heavy (non-hydrogen) atoms. The highest BCUT2D eigenvalue weighted by atomic mass is 32.2. The number of nitrogens with zero attached hydrogens (tertiary/aromatic N) is 2. The minimum Gasteiger partial charge on any atom is -0.468 e. The largest absolute Gasteiger partial charge is 0.468 e. The first-order chi connectivity index (χ1) is 13.2. The van der Waals surface area contributed by atoms with Gasteiger partial charge < -0.3 is 4.74 Å². The van der Waals surface area contributed by atoms with E-state index in [1.807, 2.05) is 6.92 Å². The summed E-state index contributed by atoms with van der Waals surface area (Å²) in [5.41, 5.74) is 2.21. The van der Waals surface area contributed by atoms with Crippen LogP contribution in [0.4, 0.5) is 14.5 Å². The molecule has 0 saturated heterocycles. The van der Waals surface area contributed by atoms with Gasteiger partial charge in [0, 0.05) is 6.07 Å². The van der Waals surface area contributed by atoms with Gasteiger partial charge in [0.2, 0.25) is 0 Å². The first kappa shape index (κ1) is 19.8. The monoisotopic (exact) mass is 407 g/mol. The van der Waals surface area contributed by atoms with Crippen LogP contribution in [0.5, 0.6) is 5.75 Å². The molecule has 9 heteroatoms. The average Bonchev–Trinajstić information content (AvgIpc) is 2.88. The number of benzene rings is 2. The molecule has 0 aliphatic heterocycles. The molecule has 0 atom stereocenters. The van der Waals surface area contributed by atoms with Gasteiger partial charge in [-0.3, -0.25) is 4.72 Å². The lowest BCUT2D eigenvalue weighted by Crippen LogP contribution is -2.14. The van der Waals surface area contributed by atoms with Crippen molar-refractivity contribution < 1.29 is 21.9 Å². The van der Waals surface area contributed by atoms with E-state index in [1.54, 1.807) is 26.0 Å². The lowest BCUT2D eigenvalue weighted by Gasteiger charge is -2.10. The second-order valence-corrected chi connectivity index (χ2v) is 7.99. The average molecular weight is 407 g/mol. The van der Waals surface area contributed by atoms with Gasteiger partial charge >= 0.3 is 0 Å². The smallest absolute Gasteiger partial charge is 0.262 e. The van der Waals surface area contributed by atoms with Gasteiger partial charge in [-0.2, -0.15) is 5.10 Å². The van der Waals surface area contributed by atoms with Crippen LogP contribution >= 0.6 is 0 Å². The van der Waals surface area contributed by atoms with Crippen molar-refractivity contribution >= 4 is 15.7 Å². The quantitative estimate of drug-likeness (QED) is 0.672. The molecular weight excluding hydrogens is 388 g/mol. The molecule has 0 spiro atoms. The summed E-state index contributed by atoms with van der Waals surface area (Å²) in [4.78, 5) is 0.134. The molecule has 6 nitrogen and oxygen atoms in total. The Kier molecular flexibility index (Phi) is 5.37. The van der Waals surface area contributed by atoms with Crippen LogP contribution in [0.15, 0.2) is 47.4 Å². The molecule has 1 heterocycles. The van der Waals surface area contributed by atoms with Crippen LogP contribution in [-0.2, 0) is 16.8 Å². The Labute approximate surface area is 161 Å². The summed E-state index contributed by atoms with van der Waals surface area (Å²) in [5.74, 6) is -1.67. The Balaban J connectivity index is 1.80. The zero-order valence-electron chi connectivity index (χ0n) is 15.5. The fraction of sp³-hybridized carbons (Fsp3) is 0.211. The van der Waals surface area contributed by atoms with Crippen LogP contribution in [0.25, 0.3) is 0 Å². The van der Waals surface area contributed by atoms with Crippen LogP contribution in [0, 0.1) is 32.4 Å². The van der Waals surface area contributed by atoms with Crippen LogP contribution in [0.3, 0.4) is 0 Å². The molecule has 0 amide bonds. The number of nitrogens with one attached hydrogen (secondary N) is 1. The molecule has 0 fully saturated rings. The zero-order valence-corrected chi connectivity index (χ0v) is 16.3. The number of anilines is 1. The summed E-state index contributed by atoms with van der Waals surface area (Å²) in [6, 6.07) is 9.45. The van der Waals surface area contributed by atoms with Gasteiger partial charge in [-0.15, -0.1) is 0 Å². The molecule has 0 radical (unpaired) electrons. The minimum absolute atomic E-state index is 0.129. The molecule has 2 aromatic carbocycles. The zero-order chi connectivity index (χ0) is 20.5. The number of aryl methyl sites for hydroxylation is 2. The molecule has 0 saturated carbocycles. The van der Waals surface area contributed by atoms with Gasteiger partial charge in [0.05, 0.1) is 22.0 Å². The Morgan fingerprint density at radius 3 is 2.39 bits per heavy atom. The van der Waals surface area contributed by atoms with Crippen molar-refractivity contribution in [2.45, 2.75) is 32.4 Å². The van der Waals surface area contributed by atoms with Crippen LogP contribution < -0.4 is 9.46 Å². The number of ether oxygens (including phenoxy) is 1. The number of hydrogen-bond donors (Lipinski definition) is 1. The maximum atomic E-state index is 13.7. The molecule has 0 aliphatic carbocycles. The van der Waals surface area contributed by atoms with Gasteiger partial charge in [0.25, 0.3) is 10.0 Å². The fourth-order valence-electron chi connectivity index (χ4n) is 2.60. The third kappa shape index (κ3) is 4.14. The van der Waals surface area contributed by atoms with Gasteiger partial charge in [-0.1, -0.05) is 17.7 Å². The van der Waals surface area contributed by atoms with Crippen molar-refractivity contribution in [3.63, 3.8) is 0 Å². The van der Waals surface area contributed by atoms with Crippen molar-refractivity contribution in [2.75, 3.05) is 4.72 Å². The normalized spacial score (nSPS) is 11.5. The highest BCUT2D eigenvalue weighted by Gasteiger charge is 2.20. The van der Waals surface area contributed by atoms with Gasteiger partial charge in [-0.25, -0.2) is 21.9 Å². The third-order valence-electron chi connectivity index (χ3n) is 4.19. The number of sulfonamides is 1. The molecule has 0 aliphatic rings. The number of aromatic nitrogens is 2. The van der Waals surface area contributed by atoms with E-state index in [4.69, 9.17) is 4.74 Å². The van der Waals surface area contributed by atoms with E-state index < -0.39 is 21.7 Å². The standard InChI is InChI=1S/C19H19F2N3O3S/c1-12-4-7-16(8-5-12)28(25,26)23-19-13(2)22-24(14(19)3)11-27-18-9-6-15(20)10-17(18)21/h4-10,23H,11H2,1-3H3. The molecule has 1 aromatic heterocycles. The van der Waals surface area contributed by atoms with Crippen LogP contribution in [-0.4, -0.2) is 18.2 Å². The first-order valence-corrected chi connectivity index (χ1v) is 9.87. The highest BCUT2D eigenvalue weighted by molar-refractivity contribution is 7.92. The van der Waals surface area contributed by atoms with E-state index >= 15 is 0 Å².